The van der Waals surface area contributed by atoms with Gasteiger partial charge in [0.2, 0.25) is 0 Å². The summed E-state index contributed by atoms with van der Waals surface area (Å²) in [6.45, 7) is 0.689. The smallest absolute Gasteiger partial charge is 0.138 e. The summed E-state index contributed by atoms with van der Waals surface area (Å²) < 4.78 is 5.58. The van der Waals surface area contributed by atoms with Crippen LogP contribution in [0, 0.1) is 5.92 Å². The maximum absolute atomic E-state index is 11.6. The number of hydrogen-bond donors (Lipinski definition) is 0. The molecule has 1 aliphatic heterocycles. The predicted octanol–water partition coefficient (Wildman–Crippen LogP) is 2.09. The Morgan fingerprint density at radius 1 is 1.31 bits per heavy atom. The van der Waals surface area contributed by atoms with Gasteiger partial charge in [0.25, 0.3) is 0 Å². The van der Waals surface area contributed by atoms with Crippen molar-refractivity contribution in [2.75, 3.05) is 6.61 Å². The Labute approximate surface area is 79.0 Å². The highest BCUT2D eigenvalue weighted by molar-refractivity contribution is 5.82. The van der Waals surface area contributed by atoms with Gasteiger partial charge in [-0.2, -0.15) is 0 Å². The van der Waals surface area contributed by atoms with Crippen molar-refractivity contribution in [2.45, 2.75) is 38.2 Å². The molecule has 2 atom stereocenters. The lowest BCUT2D eigenvalue weighted by Gasteiger charge is -2.29. The van der Waals surface area contributed by atoms with E-state index in [1.54, 1.807) is 0 Å². The van der Waals surface area contributed by atoms with Crippen LogP contribution in [0.15, 0.2) is 12.2 Å². The topological polar surface area (TPSA) is 26.3 Å². The molecule has 2 heteroatoms. The lowest BCUT2D eigenvalue weighted by atomic mass is 9.82. The lowest BCUT2D eigenvalue weighted by Crippen LogP contribution is -2.34. The molecule has 2 unspecified atom stereocenters. The van der Waals surface area contributed by atoms with E-state index in [4.69, 9.17) is 4.74 Å². The van der Waals surface area contributed by atoms with Crippen LogP contribution in [0.4, 0.5) is 0 Å². The van der Waals surface area contributed by atoms with Crippen molar-refractivity contribution in [1.82, 2.24) is 0 Å². The van der Waals surface area contributed by atoms with E-state index in [0.717, 1.165) is 25.7 Å². The summed E-state index contributed by atoms with van der Waals surface area (Å²) in [5.41, 5.74) is 0. The summed E-state index contributed by atoms with van der Waals surface area (Å²) in [7, 11) is 0. The van der Waals surface area contributed by atoms with Crippen LogP contribution in [0.5, 0.6) is 0 Å². The zero-order valence-electron chi connectivity index (χ0n) is 7.87. The molecule has 2 aliphatic rings. The van der Waals surface area contributed by atoms with Crippen molar-refractivity contribution in [3.8, 4) is 0 Å². The van der Waals surface area contributed by atoms with Crippen LogP contribution in [0.1, 0.15) is 32.1 Å². The van der Waals surface area contributed by atoms with Crippen LogP contribution in [0.25, 0.3) is 0 Å². The molecule has 0 aromatic heterocycles. The van der Waals surface area contributed by atoms with Gasteiger partial charge in [0, 0.05) is 12.3 Å². The van der Waals surface area contributed by atoms with E-state index in [9.17, 15) is 4.79 Å². The normalized spacial score (nSPS) is 34.9. The van der Waals surface area contributed by atoms with Crippen molar-refractivity contribution in [2.24, 2.45) is 5.92 Å². The molecule has 0 spiro atoms. The van der Waals surface area contributed by atoms with E-state index >= 15 is 0 Å². The van der Waals surface area contributed by atoms with Gasteiger partial charge in [0.05, 0.1) is 12.7 Å². The summed E-state index contributed by atoms with van der Waals surface area (Å²) in [6, 6.07) is 0. The Bertz CT molecular complexity index is 220. The third kappa shape index (κ3) is 1.99. The first-order valence-electron chi connectivity index (χ1n) is 5.17. The number of ketones is 1. The van der Waals surface area contributed by atoms with Gasteiger partial charge in [-0.3, -0.25) is 4.79 Å². The van der Waals surface area contributed by atoms with Crippen LogP contribution in [0.3, 0.4) is 0 Å². The third-order valence-corrected chi connectivity index (χ3v) is 2.99. The zero-order chi connectivity index (χ0) is 9.10. The van der Waals surface area contributed by atoms with Gasteiger partial charge < -0.3 is 4.74 Å². The fourth-order valence-electron chi connectivity index (χ4n) is 2.23. The van der Waals surface area contributed by atoms with Crippen LogP contribution < -0.4 is 0 Å². The molecular weight excluding hydrogens is 164 g/mol. The largest absolute Gasteiger partial charge is 0.373 e. The Kier molecular flexibility index (Phi) is 2.79. The number of carbonyl (C=O) groups excluding carboxylic acids is 1. The van der Waals surface area contributed by atoms with Crippen LogP contribution in [-0.4, -0.2) is 18.5 Å². The molecule has 1 saturated carbocycles. The highest BCUT2D eigenvalue weighted by atomic mass is 16.5. The van der Waals surface area contributed by atoms with Crippen molar-refractivity contribution < 1.29 is 9.53 Å². The van der Waals surface area contributed by atoms with Gasteiger partial charge >= 0.3 is 0 Å². The minimum absolute atomic E-state index is 0.179. The molecular formula is C11H16O2. The summed E-state index contributed by atoms with van der Waals surface area (Å²) in [6.07, 6.45) is 9.36. The quantitative estimate of drug-likeness (QED) is 0.577. The molecule has 0 aromatic carbocycles. The Morgan fingerprint density at radius 2 is 2.23 bits per heavy atom. The zero-order valence-corrected chi connectivity index (χ0v) is 7.87. The fraction of sp³-hybridized carbons (Fsp3) is 0.727. The third-order valence-electron chi connectivity index (χ3n) is 2.99. The van der Waals surface area contributed by atoms with Crippen molar-refractivity contribution in [3.63, 3.8) is 0 Å². The average Bonchev–Trinajstić information content (AvgIpc) is 2.20. The molecule has 0 amide bonds. The van der Waals surface area contributed by atoms with Gasteiger partial charge in [0.1, 0.15) is 5.78 Å². The number of carbonyl (C=O) groups is 1. The average molecular weight is 180 g/mol. The first kappa shape index (κ1) is 8.95. The highest BCUT2D eigenvalue weighted by Crippen LogP contribution is 2.28. The van der Waals surface area contributed by atoms with E-state index in [1.165, 1.54) is 6.42 Å². The standard InChI is InChI=1S/C11H16O2/c12-10-6-2-1-5-9(10)11-7-3-4-8-13-11/h3-4,9,11H,1-2,5-8H2. The maximum atomic E-state index is 11.6. The second-order valence-corrected chi connectivity index (χ2v) is 3.90. The van der Waals surface area contributed by atoms with Crippen molar-refractivity contribution in [1.29, 1.82) is 0 Å². The first-order valence-corrected chi connectivity index (χ1v) is 5.17. The Balaban J connectivity index is 1.97. The number of Topliss-reactive ketones (excluding diaryl/α,β-unsaturated/α-hetero) is 1. The second-order valence-electron chi connectivity index (χ2n) is 3.90. The fourth-order valence-corrected chi connectivity index (χ4v) is 2.23. The number of rotatable bonds is 1. The van der Waals surface area contributed by atoms with E-state index in [1.807, 2.05) is 6.08 Å². The minimum Gasteiger partial charge on any atom is -0.373 e. The molecule has 72 valence electrons. The highest BCUT2D eigenvalue weighted by Gasteiger charge is 2.30. The van der Waals surface area contributed by atoms with Gasteiger partial charge in [0.15, 0.2) is 0 Å². The van der Waals surface area contributed by atoms with Gasteiger partial charge in [-0.05, 0) is 19.3 Å². The van der Waals surface area contributed by atoms with Crippen LogP contribution >= 0.6 is 0 Å². The molecule has 2 nitrogen and oxygen atoms in total. The summed E-state index contributed by atoms with van der Waals surface area (Å²) in [5.74, 6) is 0.616. The maximum Gasteiger partial charge on any atom is 0.138 e. The molecule has 0 radical (unpaired) electrons. The van der Waals surface area contributed by atoms with E-state index < -0.39 is 0 Å². The Morgan fingerprint density at radius 3 is 2.92 bits per heavy atom. The summed E-state index contributed by atoms with van der Waals surface area (Å²) in [5, 5.41) is 0. The molecule has 0 saturated heterocycles. The lowest BCUT2D eigenvalue weighted by molar-refractivity contribution is -0.130. The SMILES string of the molecule is O=C1CCCCC1C1CC=CCO1. The van der Waals surface area contributed by atoms with Gasteiger partial charge in [-0.15, -0.1) is 0 Å². The molecule has 1 fully saturated rings. The van der Waals surface area contributed by atoms with Crippen molar-refractivity contribution >= 4 is 5.78 Å². The molecule has 1 heterocycles. The van der Waals surface area contributed by atoms with Crippen molar-refractivity contribution in [3.05, 3.63) is 12.2 Å². The number of ether oxygens (including phenoxy) is 1. The first-order chi connectivity index (χ1) is 6.38. The van der Waals surface area contributed by atoms with Gasteiger partial charge in [-0.1, -0.05) is 18.6 Å². The van der Waals surface area contributed by atoms with Crippen LogP contribution in [0.2, 0.25) is 0 Å². The van der Waals surface area contributed by atoms with Crippen LogP contribution in [-0.2, 0) is 9.53 Å². The molecule has 0 bridgehead atoms. The van der Waals surface area contributed by atoms with E-state index in [0.29, 0.717) is 12.4 Å². The summed E-state index contributed by atoms with van der Waals surface area (Å²) in [4.78, 5) is 11.6. The summed E-state index contributed by atoms with van der Waals surface area (Å²) >= 11 is 0. The molecule has 1 aliphatic carbocycles. The molecule has 13 heavy (non-hydrogen) atoms. The van der Waals surface area contributed by atoms with E-state index in [-0.39, 0.29) is 12.0 Å². The van der Waals surface area contributed by atoms with E-state index in [2.05, 4.69) is 6.08 Å². The number of hydrogen-bond acceptors (Lipinski definition) is 2. The molecule has 0 N–H and O–H groups in total. The minimum atomic E-state index is 0.179. The monoisotopic (exact) mass is 180 g/mol. The molecule has 2 rings (SSSR count). The van der Waals surface area contributed by atoms with Gasteiger partial charge in [-0.25, -0.2) is 0 Å². The predicted molar refractivity (Wildman–Crippen MR) is 50.5 cm³/mol. The second kappa shape index (κ2) is 4.05. The molecule has 0 aromatic rings. The Hall–Kier alpha value is -0.630.